The second-order valence-electron chi connectivity index (χ2n) is 7.37. The number of benzene rings is 1. The highest BCUT2D eigenvalue weighted by Crippen LogP contribution is 2.36. The van der Waals surface area contributed by atoms with Gasteiger partial charge in [0.25, 0.3) is 0 Å². The molecule has 1 aromatic rings. The number of nitriles is 1. The van der Waals surface area contributed by atoms with Gasteiger partial charge < -0.3 is 14.0 Å². The standard InChI is InChI=1S/C17H22BFN2O3/c1-16(2)17(3,4)24-18(23-16)12-5-6-15(14(19)9-12)22-13-10-21(11-13)8-7-20/h5-6,9,13H,8,10-11H2,1-4H3. The van der Waals surface area contributed by atoms with Crippen LogP contribution in [0.1, 0.15) is 27.7 Å². The zero-order valence-corrected chi connectivity index (χ0v) is 14.5. The summed E-state index contributed by atoms with van der Waals surface area (Å²) in [6, 6.07) is 6.88. The maximum atomic E-state index is 14.4. The van der Waals surface area contributed by atoms with Crippen molar-refractivity contribution in [3.63, 3.8) is 0 Å². The summed E-state index contributed by atoms with van der Waals surface area (Å²) in [5, 5.41) is 8.61. The van der Waals surface area contributed by atoms with E-state index < -0.39 is 24.1 Å². The molecule has 0 unspecified atom stereocenters. The zero-order chi connectivity index (χ0) is 17.5. The predicted octanol–water partition coefficient (Wildman–Crippen LogP) is 1.71. The Balaban J connectivity index is 1.65. The molecule has 0 bridgehead atoms. The molecule has 0 saturated carbocycles. The van der Waals surface area contributed by atoms with Gasteiger partial charge in [0.1, 0.15) is 6.10 Å². The second-order valence-corrected chi connectivity index (χ2v) is 7.37. The smallest absolute Gasteiger partial charge is 0.485 e. The zero-order valence-electron chi connectivity index (χ0n) is 14.5. The molecule has 1 aromatic carbocycles. The number of nitrogens with zero attached hydrogens (tertiary/aromatic N) is 2. The van der Waals surface area contributed by atoms with Crippen LogP contribution in [0.25, 0.3) is 0 Å². The molecular weight excluding hydrogens is 310 g/mol. The van der Waals surface area contributed by atoms with Crippen molar-refractivity contribution in [1.82, 2.24) is 4.90 Å². The van der Waals surface area contributed by atoms with Gasteiger partial charge in [-0.15, -0.1) is 0 Å². The van der Waals surface area contributed by atoms with Crippen LogP contribution in [0, 0.1) is 17.1 Å². The fourth-order valence-corrected chi connectivity index (χ4v) is 2.74. The van der Waals surface area contributed by atoms with Gasteiger partial charge in [0, 0.05) is 13.1 Å². The monoisotopic (exact) mass is 332 g/mol. The summed E-state index contributed by atoms with van der Waals surface area (Å²) in [4.78, 5) is 1.95. The molecule has 0 aromatic heterocycles. The molecule has 128 valence electrons. The fraction of sp³-hybridized carbons (Fsp3) is 0.588. The van der Waals surface area contributed by atoms with Crippen LogP contribution in [-0.4, -0.2) is 49.0 Å². The van der Waals surface area contributed by atoms with Gasteiger partial charge in [-0.3, -0.25) is 4.90 Å². The van der Waals surface area contributed by atoms with E-state index in [4.69, 9.17) is 19.3 Å². The summed E-state index contributed by atoms with van der Waals surface area (Å²) in [7, 11) is -0.589. The van der Waals surface area contributed by atoms with Crippen LogP contribution >= 0.6 is 0 Å². The van der Waals surface area contributed by atoms with Gasteiger partial charge in [-0.05, 0) is 45.3 Å². The molecule has 24 heavy (non-hydrogen) atoms. The van der Waals surface area contributed by atoms with Crippen molar-refractivity contribution >= 4 is 12.6 Å². The lowest BCUT2D eigenvalue weighted by Gasteiger charge is -2.37. The lowest BCUT2D eigenvalue weighted by Crippen LogP contribution is -2.53. The van der Waals surface area contributed by atoms with E-state index in [0.717, 1.165) is 0 Å². The molecule has 0 amide bonds. The van der Waals surface area contributed by atoms with Crippen LogP contribution in [-0.2, 0) is 9.31 Å². The Kier molecular flexibility index (Phi) is 4.33. The highest BCUT2D eigenvalue weighted by atomic mass is 19.1. The Morgan fingerprint density at radius 1 is 1.29 bits per heavy atom. The van der Waals surface area contributed by atoms with Gasteiger partial charge in [-0.2, -0.15) is 5.26 Å². The lowest BCUT2D eigenvalue weighted by atomic mass is 9.79. The van der Waals surface area contributed by atoms with Crippen LogP contribution in [0.3, 0.4) is 0 Å². The molecule has 2 saturated heterocycles. The molecular formula is C17H22BFN2O3. The Hall–Kier alpha value is -1.62. The summed E-state index contributed by atoms with van der Waals surface area (Å²) in [6.45, 7) is 9.52. The number of hydrogen-bond acceptors (Lipinski definition) is 5. The Morgan fingerprint density at radius 2 is 1.92 bits per heavy atom. The van der Waals surface area contributed by atoms with Crippen molar-refractivity contribution in [1.29, 1.82) is 5.26 Å². The van der Waals surface area contributed by atoms with Gasteiger partial charge >= 0.3 is 7.12 Å². The third kappa shape index (κ3) is 3.14. The highest BCUT2D eigenvalue weighted by Gasteiger charge is 2.51. The van der Waals surface area contributed by atoms with E-state index in [9.17, 15) is 4.39 Å². The van der Waals surface area contributed by atoms with Crippen molar-refractivity contribution in [3.05, 3.63) is 24.0 Å². The maximum Gasteiger partial charge on any atom is 0.494 e. The molecule has 5 nitrogen and oxygen atoms in total. The van der Waals surface area contributed by atoms with E-state index >= 15 is 0 Å². The summed E-state index contributed by atoms with van der Waals surface area (Å²) < 4.78 is 31.9. The van der Waals surface area contributed by atoms with E-state index in [1.54, 1.807) is 12.1 Å². The first kappa shape index (κ1) is 17.2. The summed E-state index contributed by atoms with van der Waals surface area (Å²) in [6.07, 6.45) is -0.0736. The molecule has 0 aliphatic carbocycles. The minimum absolute atomic E-state index is 0.0736. The largest absolute Gasteiger partial charge is 0.494 e. The number of halogens is 1. The summed E-state index contributed by atoms with van der Waals surface area (Å²) >= 11 is 0. The second kappa shape index (κ2) is 6.03. The molecule has 0 atom stereocenters. The summed E-state index contributed by atoms with van der Waals surface area (Å²) in [5.74, 6) is -0.210. The number of ether oxygens (including phenoxy) is 1. The lowest BCUT2D eigenvalue weighted by molar-refractivity contribution is 0.00578. The predicted molar refractivity (Wildman–Crippen MR) is 88.6 cm³/mol. The van der Waals surface area contributed by atoms with Gasteiger partial charge in [0.05, 0.1) is 23.8 Å². The fourth-order valence-electron chi connectivity index (χ4n) is 2.74. The van der Waals surface area contributed by atoms with Crippen molar-refractivity contribution in [2.24, 2.45) is 0 Å². The van der Waals surface area contributed by atoms with Crippen molar-refractivity contribution in [2.45, 2.75) is 45.0 Å². The topological polar surface area (TPSA) is 54.7 Å². The van der Waals surface area contributed by atoms with E-state index in [-0.39, 0.29) is 11.9 Å². The van der Waals surface area contributed by atoms with Gasteiger partial charge in [-0.1, -0.05) is 6.07 Å². The minimum Gasteiger partial charge on any atom is -0.485 e. The van der Waals surface area contributed by atoms with Crippen molar-refractivity contribution in [3.8, 4) is 11.8 Å². The van der Waals surface area contributed by atoms with Crippen molar-refractivity contribution in [2.75, 3.05) is 19.6 Å². The minimum atomic E-state index is -0.589. The molecule has 7 heteroatoms. The average molecular weight is 332 g/mol. The molecule has 0 N–H and O–H groups in total. The van der Waals surface area contributed by atoms with Crippen LogP contribution in [0.4, 0.5) is 4.39 Å². The van der Waals surface area contributed by atoms with Crippen LogP contribution < -0.4 is 10.2 Å². The van der Waals surface area contributed by atoms with E-state index in [2.05, 4.69) is 6.07 Å². The third-order valence-electron chi connectivity index (χ3n) is 4.99. The maximum absolute atomic E-state index is 14.4. The Labute approximate surface area is 142 Å². The van der Waals surface area contributed by atoms with Gasteiger partial charge in [-0.25, -0.2) is 4.39 Å². The first-order chi connectivity index (χ1) is 11.2. The SMILES string of the molecule is CC1(C)OB(c2ccc(OC3CN(CC#N)C3)c(F)c2)OC1(C)C. The first-order valence-corrected chi connectivity index (χ1v) is 8.13. The number of likely N-dealkylation sites (tertiary alicyclic amines) is 1. The summed E-state index contributed by atoms with van der Waals surface area (Å²) in [5.41, 5.74) is -0.281. The van der Waals surface area contributed by atoms with Crippen LogP contribution in [0.15, 0.2) is 18.2 Å². The van der Waals surface area contributed by atoms with E-state index in [1.807, 2.05) is 32.6 Å². The molecule has 0 spiro atoms. The molecule has 0 radical (unpaired) electrons. The van der Waals surface area contributed by atoms with Crippen LogP contribution in [0.2, 0.25) is 0 Å². The third-order valence-corrected chi connectivity index (χ3v) is 4.99. The molecule has 2 aliphatic heterocycles. The molecule has 2 heterocycles. The molecule has 2 fully saturated rings. The average Bonchev–Trinajstić information content (AvgIpc) is 2.67. The van der Waals surface area contributed by atoms with Gasteiger partial charge in [0.2, 0.25) is 0 Å². The van der Waals surface area contributed by atoms with E-state index in [0.29, 0.717) is 25.1 Å². The Bertz CT molecular complexity index is 652. The number of rotatable bonds is 4. The molecule has 3 rings (SSSR count). The Morgan fingerprint density at radius 3 is 2.46 bits per heavy atom. The normalized spacial score (nSPS) is 22.9. The van der Waals surface area contributed by atoms with Crippen LogP contribution in [0.5, 0.6) is 5.75 Å². The van der Waals surface area contributed by atoms with E-state index in [1.165, 1.54) is 6.07 Å². The van der Waals surface area contributed by atoms with Crippen molar-refractivity contribution < 1.29 is 18.4 Å². The number of hydrogen-bond donors (Lipinski definition) is 0. The van der Waals surface area contributed by atoms with Gasteiger partial charge in [0.15, 0.2) is 11.6 Å². The molecule has 2 aliphatic rings. The quantitative estimate of drug-likeness (QED) is 0.621. The highest BCUT2D eigenvalue weighted by molar-refractivity contribution is 6.62. The first-order valence-electron chi connectivity index (χ1n) is 8.13.